The molecule has 9 heteroatoms. The van der Waals surface area contributed by atoms with Gasteiger partial charge in [-0.2, -0.15) is 0 Å². The molecule has 0 aliphatic carbocycles. The molecule has 0 saturated carbocycles. The zero-order valence-corrected chi connectivity index (χ0v) is 19.9. The van der Waals surface area contributed by atoms with Crippen molar-refractivity contribution >= 4 is 17.5 Å². The number of carbonyl (C=O) groups is 1. The van der Waals surface area contributed by atoms with E-state index < -0.39 is 22.9 Å². The molecular weight excluding hydrogens is 473 g/mol. The van der Waals surface area contributed by atoms with Crippen LogP contribution in [0.5, 0.6) is 11.5 Å². The minimum absolute atomic E-state index is 0.0240. The number of ether oxygens (including phenoxy) is 1. The van der Waals surface area contributed by atoms with Crippen LogP contribution >= 0.6 is 11.6 Å². The molecule has 182 valence electrons. The van der Waals surface area contributed by atoms with E-state index in [1.807, 2.05) is 42.3 Å². The Balaban J connectivity index is 1.57. The Morgan fingerprint density at radius 1 is 1.14 bits per heavy atom. The van der Waals surface area contributed by atoms with E-state index in [9.17, 15) is 19.1 Å². The number of rotatable bonds is 8. The zero-order chi connectivity index (χ0) is 24.9. The van der Waals surface area contributed by atoms with Gasteiger partial charge in [0.1, 0.15) is 13.3 Å². The second kappa shape index (κ2) is 10.7. The van der Waals surface area contributed by atoms with Crippen LogP contribution < -0.4 is 15.2 Å². The largest absolute Gasteiger partial charge is 0.502 e. The third-order valence-corrected chi connectivity index (χ3v) is 6.07. The van der Waals surface area contributed by atoms with Crippen LogP contribution in [0, 0.1) is 5.82 Å². The molecule has 2 heterocycles. The predicted molar refractivity (Wildman–Crippen MR) is 132 cm³/mol. The summed E-state index contributed by atoms with van der Waals surface area (Å²) >= 11 is 5.79. The Bertz CT molecular complexity index is 1300. The average molecular weight is 498 g/mol. The second-order valence-corrected chi connectivity index (χ2v) is 8.46. The molecule has 0 spiro atoms. The highest BCUT2D eigenvalue weighted by molar-refractivity contribution is 6.30. The SMILES string of the molecule is CCC(/C=C/COc1cccc(Cl)c1F)N1CN(Cc2ccccc2)n2ccc(=O)c(O)c2C1=O. The lowest BCUT2D eigenvalue weighted by atomic mass is 10.1. The number of aromatic nitrogens is 1. The topological polar surface area (TPSA) is 75.0 Å². The lowest BCUT2D eigenvalue weighted by molar-refractivity contribution is 0.0631. The second-order valence-electron chi connectivity index (χ2n) is 8.06. The quantitative estimate of drug-likeness (QED) is 0.469. The van der Waals surface area contributed by atoms with Gasteiger partial charge in [-0.15, -0.1) is 0 Å². The molecule has 0 fully saturated rings. The van der Waals surface area contributed by atoms with Crippen LogP contribution in [0.4, 0.5) is 4.39 Å². The van der Waals surface area contributed by atoms with Crippen molar-refractivity contribution in [1.29, 1.82) is 0 Å². The van der Waals surface area contributed by atoms with E-state index in [1.165, 1.54) is 29.1 Å². The molecule has 4 rings (SSSR count). The molecule has 0 bridgehead atoms. The van der Waals surface area contributed by atoms with E-state index in [1.54, 1.807) is 23.1 Å². The van der Waals surface area contributed by atoms with E-state index >= 15 is 0 Å². The monoisotopic (exact) mass is 497 g/mol. The van der Waals surface area contributed by atoms with Crippen molar-refractivity contribution in [2.75, 3.05) is 18.3 Å². The molecule has 0 radical (unpaired) electrons. The van der Waals surface area contributed by atoms with Gasteiger partial charge in [0.15, 0.2) is 23.0 Å². The maximum atomic E-state index is 14.0. The summed E-state index contributed by atoms with van der Waals surface area (Å²) in [5.41, 5.74) is 0.307. The van der Waals surface area contributed by atoms with Crippen molar-refractivity contribution in [3.8, 4) is 11.5 Å². The van der Waals surface area contributed by atoms with Crippen LogP contribution in [0.25, 0.3) is 0 Å². The van der Waals surface area contributed by atoms with Crippen LogP contribution in [-0.4, -0.2) is 39.9 Å². The third kappa shape index (κ3) is 5.17. The Morgan fingerprint density at radius 2 is 1.91 bits per heavy atom. The standard InChI is InChI=1S/C26H25ClFN3O4/c1-2-19(10-7-15-35-22-12-6-11-20(27)23(22)28)30-17-29(16-18-8-4-3-5-9-18)31-14-13-21(32)25(33)24(31)26(30)34/h3-14,19,33H,2,15-17H2,1H3/b10-7+. The maximum Gasteiger partial charge on any atom is 0.278 e. The van der Waals surface area contributed by atoms with Crippen molar-refractivity contribution in [2.24, 2.45) is 0 Å². The maximum absolute atomic E-state index is 14.0. The van der Waals surface area contributed by atoms with Gasteiger partial charge in [-0.1, -0.05) is 61.0 Å². The first kappa shape index (κ1) is 24.3. The smallest absolute Gasteiger partial charge is 0.278 e. The molecule has 1 aliphatic heterocycles. The number of nitrogens with zero attached hydrogens (tertiary/aromatic N) is 3. The predicted octanol–water partition coefficient (Wildman–Crippen LogP) is 4.31. The van der Waals surface area contributed by atoms with Crippen molar-refractivity contribution in [3.05, 3.63) is 105 Å². The number of pyridine rings is 1. The molecule has 1 aliphatic rings. The molecule has 35 heavy (non-hydrogen) atoms. The molecular formula is C26H25ClFN3O4. The number of fused-ring (bicyclic) bond motifs is 1. The van der Waals surface area contributed by atoms with Crippen molar-refractivity contribution < 1.29 is 19.0 Å². The number of amides is 1. The summed E-state index contributed by atoms with van der Waals surface area (Å²) in [4.78, 5) is 27.1. The number of carbonyl (C=O) groups excluding carboxylic acids is 1. The highest BCUT2D eigenvalue weighted by Gasteiger charge is 2.34. The third-order valence-electron chi connectivity index (χ3n) is 5.77. The highest BCUT2D eigenvalue weighted by Crippen LogP contribution is 2.25. The zero-order valence-electron chi connectivity index (χ0n) is 19.1. The summed E-state index contributed by atoms with van der Waals surface area (Å²) in [6, 6.07) is 15.1. The van der Waals surface area contributed by atoms with Gasteiger partial charge in [0.25, 0.3) is 5.91 Å². The Morgan fingerprint density at radius 3 is 2.66 bits per heavy atom. The van der Waals surface area contributed by atoms with Gasteiger partial charge in [0.2, 0.25) is 5.43 Å². The Hall–Kier alpha value is -3.78. The summed E-state index contributed by atoms with van der Waals surface area (Å²) in [6.07, 6.45) is 5.58. The first-order valence-corrected chi connectivity index (χ1v) is 11.6. The van der Waals surface area contributed by atoms with E-state index in [0.717, 1.165) is 5.56 Å². The van der Waals surface area contributed by atoms with Crippen molar-refractivity contribution in [3.63, 3.8) is 0 Å². The van der Waals surface area contributed by atoms with E-state index in [0.29, 0.717) is 13.0 Å². The van der Waals surface area contributed by atoms with Gasteiger partial charge in [0.05, 0.1) is 17.6 Å². The summed E-state index contributed by atoms with van der Waals surface area (Å²) in [5, 5.41) is 12.3. The normalized spacial score (nSPS) is 14.3. The highest BCUT2D eigenvalue weighted by atomic mass is 35.5. The fourth-order valence-electron chi connectivity index (χ4n) is 3.98. The number of halogens is 2. The molecule has 3 aromatic rings. The van der Waals surface area contributed by atoms with Crippen LogP contribution in [-0.2, 0) is 6.54 Å². The minimum atomic E-state index is -0.630. The van der Waals surface area contributed by atoms with Crippen LogP contribution in [0.3, 0.4) is 0 Å². The van der Waals surface area contributed by atoms with Crippen LogP contribution in [0.1, 0.15) is 29.4 Å². The van der Waals surface area contributed by atoms with Gasteiger partial charge in [0, 0.05) is 12.3 Å². The summed E-state index contributed by atoms with van der Waals surface area (Å²) in [7, 11) is 0. The first-order chi connectivity index (χ1) is 16.9. The molecule has 1 amide bonds. The lowest BCUT2D eigenvalue weighted by Gasteiger charge is -2.42. The van der Waals surface area contributed by atoms with Gasteiger partial charge >= 0.3 is 0 Å². The van der Waals surface area contributed by atoms with E-state index in [-0.39, 0.29) is 35.8 Å². The van der Waals surface area contributed by atoms with Gasteiger partial charge in [-0.3, -0.25) is 19.3 Å². The minimum Gasteiger partial charge on any atom is -0.502 e. The fourth-order valence-corrected chi connectivity index (χ4v) is 4.14. The van der Waals surface area contributed by atoms with Gasteiger partial charge in [-0.05, 0) is 30.2 Å². The number of benzene rings is 2. The summed E-state index contributed by atoms with van der Waals surface area (Å²) in [5.74, 6) is -1.63. The number of hydrogen-bond donors (Lipinski definition) is 1. The Kier molecular flexibility index (Phi) is 7.41. The molecule has 1 aromatic heterocycles. The van der Waals surface area contributed by atoms with Crippen LogP contribution in [0.15, 0.2) is 77.7 Å². The van der Waals surface area contributed by atoms with E-state index in [4.69, 9.17) is 16.3 Å². The molecule has 2 aromatic carbocycles. The summed E-state index contributed by atoms with van der Waals surface area (Å²) in [6.45, 7) is 2.69. The molecule has 0 saturated heterocycles. The van der Waals surface area contributed by atoms with Crippen molar-refractivity contribution in [1.82, 2.24) is 9.58 Å². The van der Waals surface area contributed by atoms with E-state index in [2.05, 4.69) is 0 Å². The van der Waals surface area contributed by atoms with Gasteiger partial charge in [-0.25, -0.2) is 4.39 Å². The molecule has 7 nitrogen and oxygen atoms in total. The van der Waals surface area contributed by atoms with Crippen molar-refractivity contribution in [2.45, 2.75) is 25.9 Å². The lowest BCUT2D eigenvalue weighted by Crippen LogP contribution is -2.56. The molecule has 1 atom stereocenters. The molecule has 1 unspecified atom stereocenters. The Labute approximate surface area is 207 Å². The summed E-state index contributed by atoms with van der Waals surface area (Å²) < 4.78 is 21.0. The number of hydrogen-bond acceptors (Lipinski definition) is 5. The number of aromatic hydroxyl groups is 1. The van der Waals surface area contributed by atoms with Crippen LogP contribution in [0.2, 0.25) is 5.02 Å². The fraction of sp³-hybridized carbons (Fsp3) is 0.231. The van der Waals surface area contributed by atoms with Gasteiger partial charge < -0.3 is 14.7 Å². The molecule has 1 N–H and O–H groups in total. The average Bonchev–Trinajstić information content (AvgIpc) is 2.86. The first-order valence-electron chi connectivity index (χ1n) is 11.2.